The molecule has 1 saturated heterocycles. The van der Waals surface area contributed by atoms with Crippen LogP contribution in [0.3, 0.4) is 0 Å². The Bertz CT molecular complexity index is 1130. The number of aromatic nitrogens is 1. The van der Waals surface area contributed by atoms with E-state index >= 15 is 0 Å². The second-order valence-electron chi connectivity index (χ2n) is 9.58. The zero-order valence-electron chi connectivity index (χ0n) is 21.2. The molecule has 38 heavy (non-hydrogen) atoms. The molecule has 9 nitrogen and oxygen atoms in total. The predicted molar refractivity (Wildman–Crippen MR) is 133 cm³/mol. The van der Waals surface area contributed by atoms with Gasteiger partial charge in [-0.1, -0.05) is 12.1 Å². The summed E-state index contributed by atoms with van der Waals surface area (Å²) in [5.41, 5.74) is -1.68. The first kappa shape index (κ1) is 27.5. The van der Waals surface area contributed by atoms with Crippen LogP contribution in [0.4, 0.5) is 29.5 Å². The number of nitro groups is 1. The fraction of sp³-hybridized carbons (Fsp3) is 0.538. The van der Waals surface area contributed by atoms with Gasteiger partial charge in [-0.05, 0) is 62.6 Å². The monoisotopic (exact) mass is 536 g/mol. The van der Waals surface area contributed by atoms with Gasteiger partial charge in [-0.3, -0.25) is 10.1 Å². The van der Waals surface area contributed by atoms with Crippen LogP contribution in [-0.4, -0.2) is 59.8 Å². The molecule has 2 heterocycles. The highest BCUT2D eigenvalue weighted by Gasteiger charge is 2.38. The fourth-order valence-corrected chi connectivity index (χ4v) is 5.03. The maximum absolute atomic E-state index is 13.3. The average molecular weight is 537 g/mol. The van der Waals surface area contributed by atoms with Crippen molar-refractivity contribution in [3.8, 4) is 5.88 Å². The van der Waals surface area contributed by atoms with Gasteiger partial charge in [0.05, 0.1) is 11.5 Å². The van der Waals surface area contributed by atoms with E-state index in [1.807, 2.05) is 12.1 Å². The lowest BCUT2D eigenvalue weighted by atomic mass is 9.83. The van der Waals surface area contributed by atoms with Gasteiger partial charge in [0, 0.05) is 38.3 Å². The standard InChI is InChI=1S/C26H31F3N4O5/c1-2-37-25(34)32-14-12-31(13-15-32)23-4-3-5-24(30-23)38-20-9-6-18(7-10-20)16-19-8-11-22(33(35)36)21(17-19)26(27,28)29/h3-5,8,11,17-18,20H,2,6-7,9-10,12-16H2,1H3. The molecule has 1 aliphatic carbocycles. The number of nitro benzene ring substituents is 1. The molecule has 1 aromatic heterocycles. The molecule has 1 aromatic carbocycles. The lowest BCUT2D eigenvalue weighted by Crippen LogP contribution is -2.49. The van der Waals surface area contributed by atoms with Gasteiger partial charge in [0.15, 0.2) is 0 Å². The Morgan fingerprint density at radius 3 is 2.45 bits per heavy atom. The number of amides is 1. The summed E-state index contributed by atoms with van der Waals surface area (Å²) in [5.74, 6) is 1.47. The van der Waals surface area contributed by atoms with Gasteiger partial charge in [0.25, 0.3) is 5.69 Å². The second-order valence-corrected chi connectivity index (χ2v) is 9.58. The van der Waals surface area contributed by atoms with E-state index in [2.05, 4.69) is 9.88 Å². The summed E-state index contributed by atoms with van der Waals surface area (Å²) < 4.78 is 51.1. The van der Waals surface area contributed by atoms with Gasteiger partial charge in [0.1, 0.15) is 17.5 Å². The third-order valence-electron chi connectivity index (χ3n) is 7.01. The zero-order chi connectivity index (χ0) is 27.3. The average Bonchev–Trinajstić information content (AvgIpc) is 2.89. The summed E-state index contributed by atoms with van der Waals surface area (Å²) in [5, 5.41) is 11.0. The largest absolute Gasteiger partial charge is 0.474 e. The smallest absolute Gasteiger partial charge is 0.423 e. The van der Waals surface area contributed by atoms with Crippen molar-refractivity contribution in [2.24, 2.45) is 5.92 Å². The van der Waals surface area contributed by atoms with E-state index in [1.165, 1.54) is 6.07 Å². The molecule has 0 spiro atoms. The van der Waals surface area contributed by atoms with Gasteiger partial charge in [-0.15, -0.1) is 0 Å². The van der Waals surface area contributed by atoms with Gasteiger partial charge in [-0.2, -0.15) is 18.2 Å². The highest BCUT2D eigenvalue weighted by molar-refractivity contribution is 5.68. The number of hydrogen-bond acceptors (Lipinski definition) is 7. The minimum Gasteiger partial charge on any atom is -0.474 e. The van der Waals surface area contributed by atoms with Crippen LogP contribution in [0.15, 0.2) is 36.4 Å². The summed E-state index contributed by atoms with van der Waals surface area (Å²) >= 11 is 0. The molecule has 1 amide bonds. The summed E-state index contributed by atoms with van der Waals surface area (Å²) in [6.45, 7) is 4.50. The van der Waals surface area contributed by atoms with Crippen molar-refractivity contribution in [2.45, 2.75) is 51.3 Å². The number of rotatable bonds is 7. The first-order valence-corrected chi connectivity index (χ1v) is 12.8. The van der Waals surface area contributed by atoms with E-state index < -0.39 is 22.4 Å². The van der Waals surface area contributed by atoms with Crippen LogP contribution >= 0.6 is 0 Å². The molecular formula is C26H31F3N4O5. The molecule has 2 aromatic rings. The van der Waals surface area contributed by atoms with Crippen molar-refractivity contribution in [1.82, 2.24) is 9.88 Å². The number of nitrogens with zero attached hydrogens (tertiary/aromatic N) is 4. The first-order valence-electron chi connectivity index (χ1n) is 12.8. The first-order chi connectivity index (χ1) is 18.1. The molecule has 0 unspecified atom stereocenters. The van der Waals surface area contributed by atoms with Gasteiger partial charge < -0.3 is 19.3 Å². The Morgan fingerprint density at radius 2 is 1.82 bits per heavy atom. The van der Waals surface area contributed by atoms with E-state index in [0.29, 0.717) is 50.7 Å². The van der Waals surface area contributed by atoms with Crippen LogP contribution < -0.4 is 9.64 Å². The van der Waals surface area contributed by atoms with Gasteiger partial charge >= 0.3 is 12.3 Å². The van der Waals surface area contributed by atoms with Crippen molar-refractivity contribution in [2.75, 3.05) is 37.7 Å². The highest BCUT2D eigenvalue weighted by atomic mass is 19.4. The molecule has 1 aliphatic heterocycles. The molecule has 12 heteroatoms. The van der Waals surface area contributed by atoms with Crippen molar-refractivity contribution in [3.05, 3.63) is 57.6 Å². The number of alkyl halides is 3. The van der Waals surface area contributed by atoms with E-state index in [4.69, 9.17) is 9.47 Å². The van der Waals surface area contributed by atoms with Gasteiger partial charge in [0.2, 0.25) is 5.88 Å². The number of halogens is 3. The Kier molecular flexibility index (Phi) is 8.58. The molecule has 0 atom stereocenters. The SMILES string of the molecule is CCOC(=O)N1CCN(c2cccc(OC3CCC(Cc4ccc([N+](=O)[O-])c(C(F)(F)F)c4)CC3)n2)CC1. The zero-order valence-corrected chi connectivity index (χ0v) is 21.2. The highest BCUT2D eigenvalue weighted by Crippen LogP contribution is 2.38. The van der Waals surface area contributed by atoms with Crippen molar-refractivity contribution < 1.29 is 32.4 Å². The minimum atomic E-state index is -4.78. The molecule has 0 bridgehead atoms. The van der Waals surface area contributed by atoms with Crippen molar-refractivity contribution >= 4 is 17.6 Å². The van der Waals surface area contributed by atoms with E-state index in [0.717, 1.165) is 43.6 Å². The Labute approximate surface area is 218 Å². The third kappa shape index (κ3) is 6.84. The van der Waals surface area contributed by atoms with E-state index in [9.17, 15) is 28.1 Å². The molecule has 2 fully saturated rings. The van der Waals surface area contributed by atoms with Gasteiger partial charge in [-0.25, -0.2) is 4.79 Å². The quantitative estimate of drug-likeness (QED) is 0.342. The number of anilines is 1. The topological polar surface area (TPSA) is 98.0 Å². The summed E-state index contributed by atoms with van der Waals surface area (Å²) in [6, 6.07) is 8.86. The number of piperazine rings is 1. The van der Waals surface area contributed by atoms with E-state index in [1.54, 1.807) is 17.9 Å². The molecule has 4 rings (SSSR count). The lowest BCUT2D eigenvalue weighted by Gasteiger charge is -2.35. The molecule has 2 aliphatic rings. The molecular weight excluding hydrogens is 505 g/mol. The number of hydrogen-bond donors (Lipinski definition) is 0. The number of benzene rings is 1. The van der Waals surface area contributed by atoms with Crippen LogP contribution in [-0.2, 0) is 17.3 Å². The summed E-state index contributed by atoms with van der Waals surface area (Å²) in [6.07, 6.45) is -1.66. The fourth-order valence-electron chi connectivity index (χ4n) is 5.03. The lowest BCUT2D eigenvalue weighted by molar-refractivity contribution is -0.388. The number of pyridine rings is 1. The molecule has 0 radical (unpaired) electrons. The normalized spacial score (nSPS) is 20.2. The van der Waals surface area contributed by atoms with Crippen LogP contribution in [0.2, 0.25) is 0 Å². The van der Waals surface area contributed by atoms with Crippen LogP contribution in [0, 0.1) is 16.0 Å². The number of carbonyl (C=O) groups excluding carboxylic acids is 1. The maximum Gasteiger partial charge on any atom is 0.423 e. The van der Waals surface area contributed by atoms with Crippen molar-refractivity contribution in [1.29, 1.82) is 0 Å². The molecule has 206 valence electrons. The minimum absolute atomic E-state index is 0.0442. The number of carbonyl (C=O) groups is 1. The van der Waals surface area contributed by atoms with Crippen LogP contribution in [0.5, 0.6) is 5.88 Å². The molecule has 1 saturated carbocycles. The Morgan fingerprint density at radius 1 is 1.11 bits per heavy atom. The summed E-state index contributed by atoms with van der Waals surface area (Å²) in [7, 11) is 0. The molecule has 0 N–H and O–H groups in total. The Balaban J connectivity index is 1.29. The number of ether oxygens (including phenoxy) is 2. The maximum atomic E-state index is 13.3. The Hall–Kier alpha value is -3.57. The van der Waals surface area contributed by atoms with Crippen LogP contribution in [0.25, 0.3) is 0 Å². The second kappa shape index (κ2) is 11.9. The third-order valence-corrected chi connectivity index (χ3v) is 7.01. The van der Waals surface area contributed by atoms with Crippen LogP contribution in [0.1, 0.15) is 43.7 Å². The summed E-state index contributed by atoms with van der Waals surface area (Å²) in [4.78, 5) is 30.3. The predicted octanol–water partition coefficient (Wildman–Crippen LogP) is 5.47. The van der Waals surface area contributed by atoms with E-state index in [-0.39, 0.29) is 18.1 Å². The van der Waals surface area contributed by atoms with Crippen molar-refractivity contribution in [3.63, 3.8) is 0 Å².